The first-order chi connectivity index (χ1) is 10.3. The van der Waals surface area contributed by atoms with Crippen LogP contribution in [0.1, 0.15) is 11.1 Å². The molecule has 0 spiro atoms. The van der Waals surface area contributed by atoms with E-state index in [-0.39, 0.29) is 0 Å². The van der Waals surface area contributed by atoms with Crippen LogP contribution in [0.3, 0.4) is 0 Å². The van der Waals surface area contributed by atoms with E-state index in [2.05, 4.69) is 30.8 Å². The minimum Gasteiger partial charge on any atom is -0.353 e. The second-order valence-corrected chi connectivity index (χ2v) is 5.02. The van der Waals surface area contributed by atoms with Crippen molar-refractivity contribution in [3.05, 3.63) is 42.0 Å². The molecule has 2 aromatic heterocycles. The molecular formula is C15H16N6. The predicted octanol–water partition coefficient (Wildman–Crippen LogP) is 1.38. The van der Waals surface area contributed by atoms with Crippen molar-refractivity contribution >= 4 is 11.6 Å². The van der Waals surface area contributed by atoms with Gasteiger partial charge >= 0.3 is 0 Å². The smallest absolute Gasteiger partial charge is 0.134 e. The Morgan fingerprint density at radius 2 is 1.81 bits per heavy atom. The summed E-state index contributed by atoms with van der Waals surface area (Å²) in [6.45, 7) is 5.62. The maximum Gasteiger partial charge on any atom is 0.134 e. The van der Waals surface area contributed by atoms with E-state index in [1.54, 1.807) is 12.5 Å². The molecule has 0 aliphatic carbocycles. The molecule has 0 saturated carbocycles. The maximum atomic E-state index is 8.80. The summed E-state index contributed by atoms with van der Waals surface area (Å²) in [5.41, 5.74) is 1.69. The van der Waals surface area contributed by atoms with Crippen LogP contribution < -0.4 is 9.80 Å². The van der Waals surface area contributed by atoms with Crippen LogP contribution in [0.4, 0.5) is 11.6 Å². The fourth-order valence-electron chi connectivity index (χ4n) is 2.51. The number of aromatic nitrogens is 3. The summed E-state index contributed by atoms with van der Waals surface area (Å²) in [7, 11) is 0. The average molecular weight is 280 g/mol. The first-order valence-corrected chi connectivity index (χ1v) is 6.90. The Morgan fingerprint density at radius 3 is 2.43 bits per heavy atom. The second kappa shape index (κ2) is 5.75. The van der Waals surface area contributed by atoms with Crippen LogP contribution in [0.15, 0.2) is 30.9 Å². The number of pyridine rings is 1. The molecule has 0 amide bonds. The lowest BCUT2D eigenvalue weighted by Crippen LogP contribution is -2.47. The molecule has 0 atom stereocenters. The van der Waals surface area contributed by atoms with Crippen LogP contribution in [0.2, 0.25) is 0 Å². The molecule has 6 nitrogen and oxygen atoms in total. The topological polar surface area (TPSA) is 68.9 Å². The van der Waals surface area contributed by atoms with E-state index in [0.717, 1.165) is 43.4 Å². The summed E-state index contributed by atoms with van der Waals surface area (Å²) < 4.78 is 0. The number of piperazine rings is 1. The molecule has 3 rings (SSSR count). The zero-order valence-electron chi connectivity index (χ0n) is 11.9. The second-order valence-electron chi connectivity index (χ2n) is 5.02. The van der Waals surface area contributed by atoms with E-state index in [4.69, 9.17) is 5.26 Å². The molecule has 106 valence electrons. The van der Waals surface area contributed by atoms with E-state index in [1.165, 1.54) is 0 Å². The number of nitrogens with zero attached hydrogens (tertiary/aromatic N) is 6. The Kier molecular flexibility index (Phi) is 3.65. The van der Waals surface area contributed by atoms with Gasteiger partial charge in [-0.25, -0.2) is 15.0 Å². The summed E-state index contributed by atoms with van der Waals surface area (Å²) in [5.74, 6) is 1.94. The third-order valence-corrected chi connectivity index (χ3v) is 3.65. The Labute approximate surface area is 123 Å². The molecule has 1 aliphatic rings. The molecule has 0 unspecified atom stereocenters. The third kappa shape index (κ3) is 2.77. The number of rotatable bonds is 2. The molecular weight excluding hydrogens is 264 g/mol. The molecule has 1 fully saturated rings. The van der Waals surface area contributed by atoms with E-state index in [9.17, 15) is 0 Å². The van der Waals surface area contributed by atoms with Gasteiger partial charge in [-0.2, -0.15) is 5.26 Å². The van der Waals surface area contributed by atoms with Crippen LogP contribution in [0.25, 0.3) is 0 Å². The van der Waals surface area contributed by atoms with Crippen molar-refractivity contribution in [1.82, 2.24) is 15.0 Å². The normalized spacial score (nSPS) is 14.9. The van der Waals surface area contributed by atoms with Crippen molar-refractivity contribution in [1.29, 1.82) is 5.26 Å². The summed E-state index contributed by atoms with van der Waals surface area (Å²) in [5, 5.41) is 8.80. The number of anilines is 2. The summed E-state index contributed by atoms with van der Waals surface area (Å²) in [4.78, 5) is 17.3. The zero-order valence-corrected chi connectivity index (χ0v) is 11.9. The Hall–Kier alpha value is -2.68. The molecule has 2 aromatic rings. The number of hydrogen-bond donors (Lipinski definition) is 0. The van der Waals surface area contributed by atoms with Crippen molar-refractivity contribution in [3.8, 4) is 6.07 Å². The fourth-order valence-corrected chi connectivity index (χ4v) is 2.51. The van der Waals surface area contributed by atoms with Crippen LogP contribution >= 0.6 is 0 Å². The van der Waals surface area contributed by atoms with Crippen molar-refractivity contribution in [2.45, 2.75) is 6.92 Å². The molecule has 0 radical (unpaired) electrons. The largest absolute Gasteiger partial charge is 0.353 e. The van der Waals surface area contributed by atoms with Crippen molar-refractivity contribution in [2.24, 2.45) is 0 Å². The predicted molar refractivity (Wildman–Crippen MR) is 80.1 cm³/mol. The Balaban J connectivity index is 1.67. The molecule has 21 heavy (non-hydrogen) atoms. The van der Waals surface area contributed by atoms with Crippen molar-refractivity contribution < 1.29 is 0 Å². The highest BCUT2D eigenvalue weighted by molar-refractivity contribution is 5.48. The summed E-state index contributed by atoms with van der Waals surface area (Å²) >= 11 is 0. The lowest BCUT2D eigenvalue weighted by atomic mass is 10.2. The van der Waals surface area contributed by atoms with Gasteiger partial charge in [0.2, 0.25) is 0 Å². The number of hydrogen-bond acceptors (Lipinski definition) is 6. The molecule has 0 aromatic carbocycles. The van der Waals surface area contributed by atoms with Crippen LogP contribution in [0.5, 0.6) is 0 Å². The minimum absolute atomic E-state index is 0.592. The molecule has 0 bridgehead atoms. The van der Waals surface area contributed by atoms with Gasteiger partial charge < -0.3 is 9.80 Å². The van der Waals surface area contributed by atoms with Gasteiger partial charge in [0.1, 0.15) is 24.0 Å². The number of aryl methyl sites for hydroxylation is 1. The first kappa shape index (κ1) is 13.3. The van der Waals surface area contributed by atoms with Gasteiger partial charge in [-0.05, 0) is 19.1 Å². The highest BCUT2D eigenvalue weighted by Gasteiger charge is 2.20. The van der Waals surface area contributed by atoms with Crippen molar-refractivity contribution in [2.75, 3.05) is 36.0 Å². The third-order valence-electron chi connectivity index (χ3n) is 3.65. The van der Waals surface area contributed by atoms with Gasteiger partial charge in [0, 0.05) is 44.1 Å². The summed E-state index contributed by atoms with van der Waals surface area (Å²) in [6, 6.07) is 5.80. The van der Waals surface area contributed by atoms with Crippen LogP contribution in [-0.2, 0) is 0 Å². The molecule has 3 heterocycles. The van der Waals surface area contributed by atoms with Gasteiger partial charge in [-0.15, -0.1) is 0 Å². The lowest BCUT2D eigenvalue weighted by Gasteiger charge is -2.36. The molecule has 1 aliphatic heterocycles. The highest BCUT2D eigenvalue weighted by Crippen LogP contribution is 2.19. The van der Waals surface area contributed by atoms with Gasteiger partial charge in [-0.1, -0.05) is 0 Å². The average Bonchev–Trinajstić information content (AvgIpc) is 2.56. The maximum absolute atomic E-state index is 8.80. The van der Waals surface area contributed by atoms with Gasteiger partial charge in [-0.3, -0.25) is 0 Å². The first-order valence-electron chi connectivity index (χ1n) is 6.90. The van der Waals surface area contributed by atoms with Gasteiger partial charge in [0.05, 0.1) is 5.56 Å². The van der Waals surface area contributed by atoms with E-state index >= 15 is 0 Å². The monoisotopic (exact) mass is 280 g/mol. The molecule has 0 N–H and O–H groups in total. The molecule has 1 saturated heterocycles. The van der Waals surface area contributed by atoms with Gasteiger partial charge in [0.25, 0.3) is 0 Å². The SMILES string of the molecule is Cc1cncnc1N1CCN(c2ccc(C#N)cn2)CC1. The quantitative estimate of drug-likeness (QED) is 0.827. The van der Waals surface area contributed by atoms with Crippen molar-refractivity contribution in [3.63, 3.8) is 0 Å². The lowest BCUT2D eigenvalue weighted by molar-refractivity contribution is 0.639. The minimum atomic E-state index is 0.592. The zero-order chi connectivity index (χ0) is 14.7. The Morgan fingerprint density at radius 1 is 1.05 bits per heavy atom. The number of nitriles is 1. The highest BCUT2D eigenvalue weighted by atomic mass is 15.3. The van der Waals surface area contributed by atoms with E-state index < -0.39 is 0 Å². The van der Waals surface area contributed by atoms with Crippen LogP contribution in [0, 0.1) is 18.3 Å². The van der Waals surface area contributed by atoms with Gasteiger partial charge in [0.15, 0.2) is 0 Å². The van der Waals surface area contributed by atoms with E-state index in [0.29, 0.717) is 5.56 Å². The summed E-state index contributed by atoms with van der Waals surface area (Å²) in [6.07, 6.45) is 5.06. The molecule has 6 heteroatoms. The fraction of sp³-hybridized carbons (Fsp3) is 0.333. The standard InChI is InChI=1S/C15H16N6/c1-12-9-17-11-19-15(12)21-6-4-20(5-7-21)14-3-2-13(8-16)10-18-14/h2-3,9-11H,4-7H2,1H3. The van der Waals surface area contributed by atoms with Crippen LogP contribution in [-0.4, -0.2) is 41.1 Å². The Bertz CT molecular complexity index is 653. The van der Waals surface area contributed by atoms with E-state index in [1.807, 2.05) is 25.3 Å².